The first-order chi connectivity index (χ1) is 6.33. The summed E-state index contributed by atoms with van der Waals surface area (Å²) in [6, 6.07) is 0. The molecule has 1 aliphatic heterocycles. The van der Waals surface area contributed by atoms with Gasteiger partial charge in [0.1, 0.15) is 0 Å². The predicted octanol–water partition coefficient (Wildman–Crippen LogP) is 1.36. The molecule has 0 spiro atoms. The monoisotopic (exact) mass is 180 g/mol. The summed E-state index contributed by atoms with van der Waals surface area (Å²) in [5, 5.41) is 0. The van der Waals surface area contributed by atoms with Gasteiger partial charge in [-0.25, -0.2) is 9.79 Å². The molecule has 3 heteroatoms. The van der Waals surface area contributed by atoms with Crippen molar-refractivity contribution in [2.75, 3.05) is 26.2 Å². The van der Waals surface area contributed by atoms with Crippen molar-refractivity contribution in [3.63, 3.8) is 0 Å². The van der Waals surface area contributed by atoms with Gasteiger partial charge in [0.2, 0.25) is 6.08 Å². The van der Waals surface area contributed by atoms with Crippen molar-refractivity contribution in [1.82, 2.24) is 4.90 Å². The minimum absolute atomic E-state index is 0.431. The van der Waals surface area contributed by atoms with Crippen LogP contribution in [0.4, 0.5) is 0 Å². The van der Waals surface area contributed by atoms with Gasteiger partial charge in [0, 0.05) is 6.54 Å². The minimum Gasteiger partial charge on any atom is -0.299 e. The first-order valence-corrected chi connectivity index (χ1v) is 4.75. The third-order valence-corrected chi connectivity index (χ3v) is 2.26. The van der Waals surface area contributed by atoms with Crippen molar-refractivity contribution in [1.29, 1.82) is 0 Å². The van der Waals surface area contributed by atoms with Crippen molar-refractivity contribution < 1.29 is 4.79 Å². The van der Waals surface area contributed by atoms with Crippen LogP contribution >= 0.6 is 0 Å². The molecule has 0 aromatic heterocycles. The van der Waals surface area contributed by atoms with Gasteiger partial charge in [0.15, 0.2) is 0 Å². The van der Waals surface area contributed by atoms with Crippen LogP contribution < -0.4 is 0 Å². The first-order valence-electron chi connectivity index (χ1n) is 4.75. The van der Waals surface area contributed by atoms with Crippen LogP contribution in [0.3, 0.4) is 0 Å². The van der Waals surface area contributed by atoms with Crippen molar-refractivity contribution in [3.05, 3.63) is 12.2 Å². The lowest BCUT2D eigenvalue weighted by molar-refractivity contribution is 0.246. The van der Waals surface area contributed by atoms with Crippen LogP contribution in [0.1, 0.15) is 19.3 Å². The molecule has 13 heavy (non-hydrogen) atoms. The molecule has 0 atom stereocenters. The Hall–Kier alpha value is -0.920. The summed E-state index contributed by atoms with van der Waals surface area (Å²) in [4.78, 5) is 15.7. The number of likely N-dealkylation sites (tertiary alicyclic amines) is 1. The molecular formula is C10H16N2O. The number of piperidine rings is 1. The fourth-order valence-corrected chi connectivity index (χ4v) is 1.63. The zero-order chi connectivity index (χ0) is 9.52. The van der Waals surface area contributed by atoms with E-state index in [0.717, 1.165) is 25.2 Å². The van der Waals surface area contributed by atoms with Crippen LogP contribution in [0.15, 0.2) is 17.1 Å². The molecule has 1 rings (SSSR count). The average molecular weight is 180 g/mol. The molecule has 0 aromatic rings. The van der Waals surface area contributed by atoms with E-state index >= 15 is 0 Å². The molecule has 0 unspecified atom stereocenters. The second-order valence-electron chi connectivity index (χ2n) is 3.49. The van der Waals surface area contributed by atoms with Crippen LogP contribution in [0.5, 0.6) is 0 Å². The van der Waals surface area contributed by atoms with E-state index in [9.17, 15) is 4.79 Å². The SMILES string of the molecule is C=C(CN=C=O)CN1CCCCC1. The molecule has 0 bridgehead atoms. The highest BCUT2D eigenvalue weighted by Gasteiger charge is 2.10. The highest BCUT2D eigenvalue weighted by molar-refractivity contribution is 5.33. The zero-order valence-corrected chi connectivity index (χ0v) is 7.96. The van der Waals surface area contributed by atoms with Gasteiger partial charge >= 0.3 is 0 Å². The van der Waals surface area contributed by atoms with Crippen molar-refractivity contribution in [2.45, 2.75) is 19.3 Å². The lowest BCUT2D eigenvalue weighted by Gasteiger charge is -2.26. The van der Waals surface area contributed by atoms with E-state index < -0.39 is 0 Å². The Kier molecular flexibility index (Phi) is 4.44. The maximum absolute atomic E-state index is 9.86. The summed E-state index contributed by atoms with van der Waals surface area (Å²) in [5.74, 6) is 0. The normalized spacial score (nSPS) is 17.8. The number of rotatable bonds is 4. The van der Waals surface area contributed by atoms with Crippen LogP contribution in [0.2, 0.25) is 0 Å². The molecular weight excluding hydrogens is 164 g/mol. The van der Waals surface area contributed by atoms with Crippen molar-refractivity contribution in [2.24, 2.45) is 4.99 Å². The third-order valence-electron chi connectivity index (χ3n) is 2.26. The predicted molar refractivity (Wildman–Crippen MR) is 52.4 cm³/mol. The summed E-state index contributed by atoms with van der Waals surface area (Å²) in [6.07, 6.45) is 5.44. The summed E-state index contributed by atoms with van der Waals surface area (Å²) in [7, 11) is 0. The topological polar surface area (TPSA) is 32.7 Å². The molecule has 0 N–H and O–H groups in total. The van der Waals surface area contributed by atoms with E-state index in [1.165, 1.54) is 25.3 Å². The van der Waals surface area contributed by atoms with Gasteiger partial charge in [0.25, 0.3) is 0 Å². The Morgan fingerprint density at radius 3 is 2.69 bits per heavy atom. The van der Waals surface area contributed by atoms with Gasteiger partial charge in [0.05, 0.1) is 6.54 Å². The number of nitrogens with zero attached hydrogens (tertiary/aromatic N) is 2. The molecule has 1 heterocycles. The summed E-state index contributed by atoms with van der Waals surface area (Å²) in [6.45, 7) is 7.50. The van der Waals surface area contributed by atoms with Gasteiger partial charge in [-0.1, -0.05) is 13.0 Å². The Bertz CT molecular complexity index is 213. The highest BCUT2D eigenvalue weighted by atomic mass is 16.1. The van der Waals surface area contributed by atoms with E-state index in [-0.39, 0.29) is 0 Å². The molecule has 1 fully saturated rings. The van der Waals surface area contributed by atoms with Crippen LogP contribution in [-0.4, -0.2) is 37.2 Å². The summed E-state index contributed by atoms with van der Waals surface area (Å²) in [5.41, 5.74) is 1.00. The van der Waals surface area contributed by atoms with E-state index in [2.05, 4.69) is 16.5 Å². The maximum atomic E-state index is 9.86. The molecule has 3 nitrogen and oxygen atoms in total. The second-order valence-corrected chi connectivity index (χ2v) is 3.49. The molecule has 0 radical (unpaired) electrons. The van der Waals surface area contributed by atoms with Gasteiger partial charge in [-0.15, -0.1) is 0 Å². The molecule has 0 saturated carbocycles. The summed E-state index contributed by atoms with van der Waals surface area (Å²) >= 11 is 0. The van der Waals surface area contributed by atoms with E-state index in [0.29, 0.717) is 6.54 Å². The number of hydrogen-bond acceptors (Lipinski definition) is 3. The smallest absolute Gasteiger partial charge is 0.235 e. The summed E-state index contributed by atoms with van der Waals surface area (Å²) < 4.78 is 0. The number of carbonyl (C=O) groups excluding carboxylic acids is 1. The molecule has 0 aromatic carbocycles. The molecule has 0 amide bonds. The third kappa shape index (κ3) is 4.02. The van der Waals surface area contributed by atoms with Gasteiger partial charge < -0.3 is 0 Å². The standard InChI is InChI=1S/C10H16N2O/c1-10(7-11-9-13)8-12-5-3-2-4-6-12/h1-8H2. The Morgan fingerprint density at radius 1 is 1.38 bits per heavy atom. The van der Waals surface area contributed by atoms with Crippen molar-refractivity contribution >= 4 is 6.08 Å². The lowest BCUT2D eigenvalue weighted by atomic mass is 10.1. The van der Waals surface area contributed by atoms with Gasteiger partial charge in [-0.05, 0) is 31.5 Å². The molecule has 1 aliphatic rings. The quantitative estimate of drug-likeness (QED) is 0.372. The second kappa shape index (κ2) is 5.68. The molecule has 0 aliphatic carbocycles. The Labute approximate surface area is 79.1 Å². The van der Waals surface area contributed by atoms with E-state index in [4.69, 9.17) is 0 Å². The first kappa shape index (κ1) is 10.2. The zero-order valence-electron chi connectivity index (χ0n) is 7.96. The highest BCUT2D eigenvalue weighted by Crippen LogP contribution is 2.09. The van der Waals surface area contributed by atoms with Crippen LogP contribution in [-0.2, 0) is 4.79 Å². The van der Waals surface area contributed by atoms with Crippen LogP contribution in [0.25, 0.3) is 0 Å². The maximum Gasteiger partial charge on any atom is 0.235 e. The molecule has 72 valence electrons. The van der Waals surface area contributed by atoms with E-state index in [1.54, 1.807) is 0 Å². The van der Waals surface area contributed by atoms with Gasteiger partial charge in [-0.3, -0.25) is 4.90 Å². The number of aliphatic imine (C=N–C) groups is 1. The Morgan fingerprint density at radius 2 is 2.08 bits per heavy atom. The fraction of sp³-hybridized carbons (Fsp3) is 0.700. The minimum atomic E-state index is 0.431. The van der Waals surface area contributed by atoms with Crippen molar-refractivity contribution in [3.8, 4) is 0 Å². The largest absolute Gasteiger partial charge is 0.299 e. The average Bonchev–Trinajstić information content (AvgIpc) is 2.16. The lowest BCUT2D eigenvalue weighted by Crippen LogP contribution is -2.31. The van der Waals surface area contributed by atoms with Crippen LogP contribution in [0, 0.1) is 0 Å². The van der Waals surface area contributed by atoms with E-state index in [1.807, 2.05) is 0 Å². The number of hydrogen-bond donors (Lipinski definition) is 0. The van der Waals surface area contributed by atoms with Gasteiger partial charge in [-0.2, -0.15) is 0 Å². The number of isocyanates is 1. The fourth-order valence-electron chi connectivity index (χ4n) is 1.63. The Balaban J connectivity index is 2.21. The molecule has 1 saturated heterocycles.